The molecule has 3 N–H and O–H groups in total. The maximum atomic E-state index is 6.73. The number of piperidine rings is 1. The smallest absolute Gasteiger partial charge is 0.215 e. The maximum absolute atomic E-state index is 6.73. The van der Waals surface area contributed by atoms with Crippen LogP contribution in [-0.2, 0) is 6.42 Å². The molecule has 6 heteroatoms. The summed E-state index contributed by atoms with van der Waals surface area (Å²) in [4.78, 5) is 7.09. The van der Waals surface area contributed by atoms with Crippen LogP contribution in [0.4, 0.5) is 5.82 Å². The maximum Gasteiger partial charge on any atom is 0.215 e. The average Bonchev–Trinajstić information content (AvgIpc) is 3.41. The number of methoxy groups -OCH3 is 1. The van der Waals surface area contributed by atoms with E-state index in [1.54, 1.807) is 7.11 Å². The number of rotatable bonds is 4. The fraction of sp³-hybridized carbons (Fsp3) is 0.417. The van der Waals surface area contributed by atoms with Crippen molar-refractivity contribution in [1.82, 2.24) is 10.4 Å². The Hall–Kier alpha value is -2.86. The van der Waals surface area contributed by atoms with Gasteiger partial charge in [-0.3, -0.25) is 0 Å². The number of hydrogen-bond acceptors (Lipinski definition) is 6. The molecule has 30 heavy (non-hydrogen) atoms. The van der Waals surface area contributed by atoms with E-state index in [1.165, 1.54) is 11.1 Å². The molecular weight excluding hydrogens is 374 g/mol. The minimum Gasteiger partial charge on any atom is -0.481 e. The van der Waals surface area contributed by atoms with E-state index in [0.717, 1.165) is 68.0 Å². The number of hydrazone groups is 1. The van der Waals surface area contributed by atoms with E-state index in [-0.39, 0.29) is 11.5 Å². The number of anilines is 1. The summed E-state index contributed by atoms with van der Waals surface area (Å²) in [5.74, 6) is 1.55. The molecule has 1 aromatic carbocycles. The van der Waals surface area contributed by atoms with E-state index in [0.29, 0.717) is 5.88 Å². The standard InChI is InChI=1S/C24H29N5O/c1-16(20-7-10-26-28-20)18-13-21(27-22(14-18)30-2)29-11-8-24(9-12-29)15-17-5-3-4-6-19(17)23(24)25/h3-6,13-14,23,26H,1,7-12,15,25H2,2H3/t23-/m1/s1. The number of ether oxygens (including phenoxy) is 1. The number of hydrogen-bond donors (Lipinski definition) is 2. The fourth-order valence-electron chi connectivity index (χ4n) is 5.19. The molecule has 5 rings (SSSR count). The van der Waals surface area contributed by atoms with Crippen LogP contribution in [0.2, 0.25) is 0 Å². The van der Waals surface area contributed by atoms with E-state index >= 15 is 0 Å². The van der Waals surface area contributed by atoms with Crippen LogP contribution in [0.25, 0.3) is 5.57 Å². The van der Waals surface area contributed by atoms with Crippen molar-refractivity contribution >= 4 is 17.1 Å². The second-order valence-corrected chi connectivity index (χ2v) is 8.65. The van der Waals surface area contributed by atoms with Gasteiger partial charge in [0, 0.05) is 38.2 Å². The number of pyridine rings is 1. The van der Waals surface area contributed by atoms with Crippen molar-refractivity contribution in [3.63, 3.8) is 0 Å². The van der Waals surface area contributed by atoms with Crippen LogP contribution in [0.1, 0.15) is 42.0 Å². The summed E-state index contributed by atoms with van der Waals surface area (Å²) in [5, 5.41) is 4.36. The topological polar surface area (TPSA) is 75.8 Å². The SMILES string of the molecule is C=C(C1=NNCC1)c1cc(OC)nc(N2CCC3(CC2)Cc2ccccc2[C@H]3N)c1. The van der Waals surface area contributed by atoms with Gasteiger partial charge in [-0.2, -0.15) is 10.1 Å². The summed E-state index contributed by atoms with van der Waals surface area (Å²) in [6.07, 6.45) is 4.10. The van der Waals surface area contributed by atoms with Crippen molar-refractivity contribution in [3.8, 4) is 5.88 Å². The number of nitrogens with zero attached hydrogens (tertiary/aromatic N) is 3. The number of allylic oxidation sites excluding steroid dienone is 1. The van der Waals surface area contributed by atoms with Crippen molar-refractivity contribution in [3.05, 3.63) is 59.7 Å². The zero-order valence-electron chi connectivity index (χ0n) is 17.5. The van der Waals surface area contributed by atoms with Crippen molar-refractivity contribution < 1.29 is 4.74 Å². The molecule has 2 aromatic rings. The molecule has 1 saturated heterocycles. The van der Waals surface area contributed by atoms with E-state index in [2.05, 4.69) is 52.3 Å². The Labute approximate surface area is 177 Å². The summed E-state index contributed by atoms with van der Waals surface area (Å²) in [6.45, 7) is 7.01. The fourth-order valence-corrected chi connectivity index (χ4v) is 5.19. The molecule has 0 amide bonds. The van der Waals surface area contributed by atoms with Crippen molar-refractivity contribution in [2.45, 2.75) is 31.7 Å². The second kappa shape index (κ2) is 7.43. The van der Waals surface area contributed by atoms with Crippen molar-refractivity contribution in [2.75, 3.05) is 31.6 Å². The molecule has 0 unspecified atom stereocenters. The Balaban J connectivity index is 1.36. The van der Waals surface area contributed by atoms with Gasteiger partial charge in [0.2, 0.25) is 5.88 Å². The quantitative estimate of drug-likeness (QED) is 0.819. The van der Waals surface area contributed by atoms with Gasteiger partial charge in [0.15, 0.2) is 0 Å². The number of nitrogens with one attached hydrogen (secondary N) is 1. The van der Waals surface area contributed by atoms with Crippen LogP contribution >= 0.6 is 0 Å². The van der Waals surface area contributed by atoms with Crippen molar-refractivity contribution in [2.24, 2.45) is 16.3 Å². The summed E-state index contributed by atoms with van der Waals surface area (Å²) >= 11 is 0. The van der Waals surface area contributed by atoms with E-state index in [9.17, 15) is 0 Å². The Morgan fingerprint density at radius 2 is 2.07 bits per heavy atom. The molecule has 3 aliphatic rings. The van der Waals surface area contributed by atoms with Crippen LogP contribution < -0.4 is 20.8 Å². The number of nitrogens with two attached hydrogens (primary N) is 1. The number of benzene rings is 1. The Kier molecular flexibility index (Phi) is 4.74. The van der Waals surface area contributed by atoms with Gasteiger partial charge in [-0.15, -0.1) is 0 Å². The predicted molar refractivity (Wildman–Crippen MR) is 121 cm³/mol. The first-order chi connectivity index (χ1) is 14.6. The van der Waals surface area contributed by atoms with Gasteiger partial charge < -0.3 is 20.8 Å². The van der Waals surface area contributed by atoms with Crippen LogP contribution in [0, 0.1) is 5.41 Å². The summed E-state index contributed by atoms with van der Waals surface area (Å²) < 4.78 is 5.50. The lowest BCUT2D eigenvalue weighted by Gasteiger charge is -2.42. The van der Waals surface area contributed by atoms with E-state index in [4.69, 9.17) is 15.5 Å². The number of aromatic nitrogens is 1. The minimum absolute atomic E-state index is 0.123. The monoisotopic (exact) mass is 403 g/mol. The summed E-state index contributed by atoms with van der Waals surface area (Å²) in [6, 6.07) is 12.8. The summed E-state index contributed by atoms with van der Waals surface area (Å²) in [7, 11) is 1.66. The lowest BCUT2D eigenvalue weighted by molar-refractivity contribution is 0.187. The van der Waals surface area contributed by atoms with Gasteiger partial charge in [0.05, 0.1) is 12.8 Å². The highest BCUT2D eigenvalue weighted by Gasteiger charge is 2.45. The Bertz CT molecular complexity index is 1010. The molecule has 3 heterocycles. The zero-order chi connectivity index (χ0) is 20.7. The highest BCUT2D eigenvalue weighted by molar-refractivity contribution is 6.23. The molecule has 1 fully saturated rings. The molecule has 156 valence electrons. The zero-order valence-corrected chi connectivity index (χ0v) is 17.5. The molecule has 1 aliphatic carbocycles. The first-order valence-electron chi connectivity index (χ1n) is 10.7. The van der Waals surface area contributed by atoms with Gasteiger partial charge in [0.1, 0.15) is 5.82 Å². The third-order valence-corrected chi connectivity index (χ3v) is 7.06. The average molecular weight is 404 g/mol. The van der Waals surface area contributed by atoms with E-state index < -0.39 is 0 Å². The third-order valence-electron chi connectivity index (χ3n) is 7.06. The minimum atomic E-state index is 0.123. The first-order valence-corrected chi connectivity index (χ1v) is 10.7. The predicted octanol–water partition coefficient (Wildman–Crippen LogP) is 3.30. The largest absolute Gasteiger partial charge is 0.481 e. The molecule has 6 nitrogen and oxygen atoms in total. The van der Waals surface area contributed by atoms with Crippen LogP contribution in [0.3, 0.4) is 0 Å². The van der Waals surface area contributed by atoms with Gasteiger partial charge in [-0.05, 0) is 53.0 Å². The van der Waals surface area contributed by atoms with Gasteiger partial charge in [-0.25, -0.2) is 0 Å². The second-order valence-electron chi connectivity index (χ2n) is 8.65. The molecule has 0 saturated carbocycles. The lowest BCUT2D eigenvalue weighted by atomic mass is 9.73. The molecule has 1 spiro atoms. The molecule has 0 bridgehead atoms. The Morgan fingerprint density at radius 1 is 1.27 bits per heavy atom. The molecule has 1 atom stereocenters. The first kappa shape index (κ1) is 19.1. The lowest BCUT2D eigenvalue weighted by Crippen LogP contribution is -2.44. The van der Waals surface area contributed by atoms with Crippen molar-refractivity contribution in [1.29, 1.82) is 0 Å². The normalized spacial score (nSPS) is 21.9. The van der Waals surface area contributed by atoms with Gasteiger partial charge in [-0.1, -0.05) is 30.8 Å². The van der Waals surface area contributed by atoms with Gasteiger partial charge in [0.25, 0.3) is 0 Å². The highest BCUT2D eigenvalue weighted by Crippen LogP contribution is 2.51. The molecular formula is C24H29N5O. The Morgan fingerprint density at radius 3 is 2.77 bits per heavy atom. The van der Waals surface area contributed by atoms with E-state index in [1.807, 2.05) is 6.07 Å². The van der Waals surface area contributed by atoms with Crippen LogP contribution in [0.15, 0.2) is 48.1 Å². The third kappa shape index (κ3) is 3.16. The number of fused-ring (bicyclic) bond motifs is 1. The molecule has 0 radical (unpaired) electrons. The van der Waals surface area contributed by atoms with Crippen LogP contribution in [-0.4, -0.2) is 37.4 Å². The summed E-state index contributed by atoms with van der Waals surface area (Å²) in [5.41, 5.74) is 15.6. The molecule has 1 aromatic heterocycles. The molecule has 2 aliphatic heterocycles. The van der Waals surface area contributed by atoms with Gasteiger partial charge >= 0.3 is 0 Å². The van der Waals surface area contributed by atoms with Crippen LogP contribution in [0.5, 0.6) is 5.88 Å². The highest BCUT2D eigenvalue weighted by atomic mass is 16.5.